The molecule has 0 unspecified atom stereocenters. The van der Waals surface area contributed by atoms with Crippen LogP contribution in [0, 0.1) is 12.3 Å². The van der Waals surface area contributed by atoms with E-state index < -0.39 is 0 Å². The number of amidine groups is 1. The normalized spacial score (nSPS) is 10.7. The summed E-state index contributed by atoms with van der Waals surface area (Å²) >= 11 is 0. The molecule has 1 aromatic rings. The standard InChI is InChI=1S/C15H24N2O/c1-11(2)13-8-7-12(3)10-14(13)18-9-5-4-6-15(16)17/h7-8,10-11H,4-6,9H2,1-3H3,(H3,16,17). The van der Waals surface area contributed by atoms with Crippen LogP contribution in [0.25, 0.3) is 0 Å². The van der Waals surface area contributed by atoms with Crippen molar-refractivity contribution in [1.82, 2.24) is 0 Å². The SMILES string of the molecule is Cc1ccc(C(C)C)c(OCCCCC(=N)N)c1. The van der Waals surface area contributed by atoms with Crippen LogP contribution >= 0.6 is 0 Å². The van der Waals surface area contributed by atoms with Crippen LogP contribution in [0.15, 0.2) is 18.2 Å². The van der Waals surface area contributed by atoms with Gasteiger partial charge in [-0.25, -0.2) is 0 Å². The molecule has 0 saturated carbocycles. The maximum atomic E-state index is 7.15. The van der Waals surface area contributed by atoms with Crippen molar-refractivity contribution >= 4 is 5.84 Å². The maximum absolute atomic E-state index is 7.15. The van der Waals surface area contributed by atoms with Gasteiger partial charge in [0.05, 0.1) is 12.4 Å². The molecule has 100 valence electrons. The van der Waals surface area contributed by atoms with Gasteiger partial charge in [-0.3, -0.25) is 5.41 Å². The zero-order valence-electron chi connectivity index (χ0n) is 11.6. The van der Waals surface area contributed by atoms with Gasteiger partial charge < -0.3 is 10.5 Å². The van der Waals surface area contributed by atoms with Crippen LogP contribution in [0.2, 0.25) is 0 Å². The molecule has 0 aliphatic rings. The fourth-order valence-electron chi connectivity index (χ4n) is 1.84. The lowest BCUT2D eigenvalue weighted by Crippen LogP contribution is -2.09. The first-order valence-corrected chi connectivity index (χ1v) is 6.57. The average molecular weight is 248 g/mol. The molecule has 1 aromatic carbocycles. The molecule has 0 spiro atoms. The first-order chi connectivity index (χ1) is 8.50. The lowest BCUT2D eigenvalue weighted by atomic mass is 10.0. The minimum Gasteiger partial charge on any atom is -0.493 e. The van der Waals surface area contributed by atoms with Crippen LogP contribution in [0.1, 0.15) is 50.2 Å². The van der Waals surface area contributed by atoms with Gasteiger partial charge in [-0.05, 0) is 42.9 Å². The third-order valence-corrected chi connectivity index (χ3v) is 2.89. The number of hydrogen-bond acceptors (Lipinski definition) is 2. The quantitative estimate of drug-likeness (QED) is 0.440. The molecule has 0 fully saturated rings. The molecule has 1 rings (SSSR count). The fraction of sp³-hybridized carbons (Fsp3) is 0.533. The molecule has 0 aliphatic carbocycles. The van der Waals surface area contributed by atoms with Gasteiger partial charge in [0.25, 0.3) is 0 Å². The Morgan fingerprint density at radius 3 is 2.67 bits per heavy atom. The number of rotatable bonds is 7. The summed E-state index contributed by atoms with van der Waals surface area (Å²) in [6.45, 7) is 7.11. The van der Waals surface area contributed by atoms with E-state index in [0.717, 1.165) is 18.6 Å². The minimum atomic E-state index is 0.258. The Hall–Kier alpha value is -1.51. The highest BCUT2D eigenvalue weighted by molar-refractivity contribution is 5.76. The topological polar surface area (TPSA) is 59.1 Å². The van der Waals surface area contributed by atoms with Crippen molar-refractivity contribution in [1.29, 1.82) is 5.41 Å². The van der Waals surface area contributed by atoms with Gasteiger partial charge in [-0.1, -0.05) is 26.0 Å². The summed E-state index contributed by atoms with van der Waals surface area (Å²) in [6.07, 6.45) is 2.51. The molecular weight excluding hydrogens is 224 g/mol. The van der Waals surface area contributed by atoms with Gasteiger partial charge in [0.15, 0.2) is 0 Å². The molecule has 3 heteroatoms. The molecule has 0 aliphatic heterocycles. The van der Waals surface area contributed by atoms with E-state index in [1.807, 2.05) is 0 Å². The molecular formula is C15H24N2O. The summed E-state index contributed by atoms with van der Waals surface area (Å²) in [7, 11) is 0. The van der Waals surface area contributed by atoms with E-state index in [2.05, 4.69) is 39.0 Å². The van der Waals surface area contributed by atoms with Crippen LogP contribution in [-0.2, 0) is 0 Å². The van der Waals surface area contributed by atoms with Crippen molar-refractivity contribution < 1.29 is 4.74 Å². The van der Waals surface area contributed by atoms with E-state index in [9.17, 15) is 0 Å². The lowest BCUT2D eigenvalue weighted by Gasteiger charge is -2.14. The number of nitrogens with two attached hydrogens (primary N) is 1. The van der Waals surface area contributed by atoms with E-state index >= 15 is 0 Å². The van der Waals surface area contributed by atoms with Crippen LogP contribution in [-0.4, -0.2) is 12.4 Å². The summed E-state index contributed by atoms with van der Waals surface area (Å²) in [5, 5.41) is 7.15. The van der Waals surface area contributed by atoms with E-state index in [4.69, 9.17) is 15.9 Å². The zero-order valence-corrected chi connectivity index (χ0v) is 11.6. The number of aryl methyl sites for hydroxylation is 1. The minimum absolute atomic E-state index is 0.258. The number of hydrogen-bond donors (Lipinski definition) is 2. The summed E-state index contributed by atoms with van der Waals surface area (Å²) < 4.78 is 5.85. The summed E-state index contributed by atoms with van der Waals surface area (Å²) in [6, 6.07) is 6.36. The molecule has 0 saturated heterocycles. The highest BCUT2D eigenvalue weighted by Gasteiger charge is 2.07. The predicted molar refractivity (Wildman–Crippen MR) is 76.5 cm³/mol. The molecule has 0 radical (unpaired) electrons. The molecule has 3 nitrogen and oxygen atoms in total. The van der Waals surface area contributed by atoms with Crippen molar-refractivity contribution in [3.8, 4) is 5.75 Å². The number of benzene rings is 1. The zero-order chi connectivity index (χ0) is 13.5. The second kappa shape index (κ2) is 7.04. The predicted octanol–water partition coefficient (Wildman–Crippen LogP) is 3.60. The van der Waals surface area contributed by atoms with Crippen molar-refractivity contribution in [2.24, 2.45) is 5.73 Å². The Morgan fingerprint density at radius 1 is 1.33 bits per heavy atom. The van der Waals surface area contributed by atoms with Gasteiger partial charge in [-0.15, -0.1) is 0 Å². The van der Waals surface area contributed by atoms with Gasteiger partial charge >= 0.3 is 0 Å². The molecule has 0 bridgehead atoms. The van der Waals surface area contributed by atoms with Gasteiger partial charge in [0.2, 0.25) is 0 Å². The van der Waals surface area contributed by atoms with Crippen molar-refractivity contribution in [2.45, 2.75) is 46.0 Å². The van der Waals surface area contributed by atoms with Gasteiger partial charge in [-0.2, -0.15) is 0 Å². The van der Waals surface area contributed by atoms with Gasteiger partial charge in [0.1, 0.15) is 5.75 Å². The largest absolute Gasteiger partial charge is 0.493 e. The summed E-state index contributed by atoms with van der Waals surface area (Å²) in [5.74, 6) is 1.72. The fourth-order valence-corrected chi connectivity index (χ4v) is 1.84. The monoisotopic (exact) mass is 248 g/mol. The number of ether oxygens (including phenoxy) is 1. The third kappa shape index (κ3) is 4.78. The average Bonchev–Trinajstić information content (AvgIpc) is 2.27. The molecule has 0 aromatic heterocycles. The van der Waals surface area contributed by atoms with Crippen LogP contribution in [0.5, 0.6) is 5.75 Å². The van der Waals surface area contributed by atoms with Crippen molar-refractivity contribution in [2.75, 3.05) is 6.61 Å². The Bertz CT molecular complexity index is 399. The highest BCUT2D eigenvalue weighted by Crippen LogP contribution is 2.27. The number of nitrogens with one attached hydrogen (secondary N) is 1. The van der Waals surface area contributed by atoms with E-state index in [-0.39, 0.29) is 5.84 Å². The van der Waals surface area contributed by atoms with E-state index in [0.29, 0.717) is 18.9 Å². The highest BCUT2D eigenvalue weighted by atomic mass is 16.5. The Balaban J connectivity index is 2.50. The van der Waals surface area contributed by atoms with E-state index in [1.54, 1.807) is 0 Å². The molecule has 0 amide bonds. The van der Waals surface area contributed by atoms with E-state index in [1.165, 1.54) is 11.1 Å². The Morgan fingerprint density at radius 2 is 2.06 bits per heavy atom. The second-order valence-corrected chi connectivity index (χ2v) is 5.03. The van der Waals surface area contributed by atoms with Crippen molar-refractivity contribution in [3.63, 3.8) is 0 Å². The summed E-state index contributed by atoms with van der Waals surface area (Å²) in [5.41, 5.74) is 7.79. The number of unbranched alkanes of at least 4 members (excludes halogenated alkanes) is 1. The van der Waals surface area contributed by atoms with Crippen LogP contribution < -0.4 is 10.5 Å². The van der Waals surface area contributed by atoms with Crippen molar-refractivity contribution in [3.05, 3.63) is 29.3 Å². The second-order valence-electron chi connectivity index (χ2n) is 5.03. The molecule has 3 N–H and O–H groups in total. The molecule has 0 heterocycles. The molecule has 18 heavy (non-hydrogen) atoms. The third-order valence-electron chi connectivity index (χ3n) is 2.89. The van der Waals surface area contributed by atoms with Crippen LogP contribution in [0.4, 0.5) is 0 Å². The Labute approximate surface area is 110 Å². The van der Waals surface area contributed by atoms with Gasteiger partial charge in [0, 0.05) is 6.42 Å². The molecule has 0 atom stereocenters. The summed E-state index contributed by atoms with van der Waals surface area (Å²) in [4.78, 5) is 0. The van der Waals surface area contributed by atoms with Crippen LogP contribution in [0.3, 0.4) is 0 Å². The first-order valence-electron chi connectivity index (χ1n) is 6.57. The first kappa shape index (κ1) is 14.6. The maximum Gasteiger partial charge on any atom is 0.122 e. The Kier molecular flexibility index (Phi) is 5.69. The smallest absolute Gasteiger partial charge is 0.122 e. The lowest BCUT2D eigenvalue weighted by molar-refractivity contribution is 0.303.